The van der Waals surface area contributed by atoms with Crippen LogP contribution in [0.15, 0.2) is 4.60 Å². The summed E-state index contributed by atoms with van der Waals surface area (Å²) in [6.07, 6.45) is -0.535. The maximum atomic E-state index is 10.5. The van der Waals surface area contributed by atoms with E-state index in [1.807, 2.05) is 7.05 Å². The summed E-state index contributed by atoms with van der Waals surface area (Å²) in [5.41, 5.74) is 0.767. The highest BCUT2D eigenvalue weighted by molar-refractivity contribution is 9.10. The van der Waals surface area contributed by atoms with Gasteiger partial charge in [-0.2, -0.15) is 0 Å². The molecule has 0 radical (unpaired) electrons. The monoisotopic (exact) mass is 301 g/mol. The van der Waals surface area contributed by atoms with Crippen molar-refractivity contribution >= 4 is 15.9 Å². The number of hydrogen-bond donors (Lipinski definition) is 1. The highest BCUT2D eigenvalue weighted by Crippen LogP contribution is 2.29. The largest absolute Gasteiger partial charge is 0.385 e. The molecule has 3 aliphatic rings. The second kappa shape index (κ2) is 4.31. The van der Waals surface area contributed by atoms with E-state index < -0.39 is 6.10 Å². The van der Waals surface area contributed by atoms with Crippen LogP contribution in [0.1, 0.15) is 11.8 Å². The number of aliphatic hydroxyl groups excluding tert-OH is 1. The number of fused-ring (bicyclic) bond motifs is 3. The van der Waals surface area contributed by atoms with Gasteiger partial charge in [0.1, 0.15) is 11.8 Å². The molecule has 0 spiro atoms. The summed E-state index contributed by atoms with van der Waals surface area (Å²) in [6, 6.07) is 0.158. The average molecular weight is 302 g/mol. The van der Waals surface area contributed by atoms with Crippen LogP contribution in [0.3, 0.4) is 0 Å². The molecule has 3 fully saturated rings. The molecule has 4 heterocycles. The minimum atomic E-state index is -0.535. The number of hydrogen-bond acceptors (Lipinski definition) is 5. The molecular weight excluding hydrogens is 286 g/mol. The number of rotatable bonds is 2. The van der Waals surface area contributed by atoms with E-state index >= 15 is 0 Å². The van der Waals surface area contributed by atoms with Gasteiger partial charge in [0.25, 0.3) is 0 Å². The number of aryl methyl sites for hydroxylation is 1. The Kier molecular flexibility index (Phi) is 2.94. The van der Waals surface area contributed by atoms with Gasteiger partial charge in [-0.1, -0.05) is 5.21 Å². The maximum Gasteiger partial charge on any atom is 0.154 e. The lowest BCUT2D eigenvalue weighted by Crippen LogP contribution is -2.62. The minimum absolute atomic E-state index is 0.158. The van der Waals surface area contributed by atoms with Crippen molar-refractivity contribution < 1.29 is 5.11 Å². The SMILES string of the molecule is Cn1nnc(Br)c1C(O)C1CN2CCN1CC2. The van der Waals surface area contributed by atoms with E-state index in [0.717, 1.165) is 38.4 Å². The molecule has 17 heavy (non-hydrogen) atoms. The Balaban J connectivity index is 1.85. The van der Waals surface area contributed by atoms with E-state index in [2.05, 4.69) is 36.0 Å². The van der Waals surface area contributed by atoms with Crippen LogP contribution in [0.5, 0.6) is 0 Å². The minimum Gasteiger partial charge on any atom is -0.385 e. The number of piperazine rings is 3. The fourth-order valence-electron chi connectivity index (χ4n) is 2.79. The Labute approximate surface area is 108 Å². The quantitative estimate of drug-likeness (QED) is 0.806. The van der Waals surface area contributed by atoms with Gasteiger partial charge in [0.05, 0.1) is 6.04 Å². The predicted molar refractivity (Wildman–Crippen MR) is 65.5 cm³/mol. The topological polar surface area (TPSA) is 57.4 Å². The van der Waals surface area contributed by atoms with Crippen molar-refractivity contribution in [3.05, 3.63) is 10.3 Å². The van der Waals surface area contributed by atoms with Crippen LogP contribution in [-0.4, -0.2) is 68.7 Å². The van der Waals surface area contributed by atoms with E-state index in [1.54, 1.807) is 4.68 Å². The fourth-order valence-corrected chi connectivity index (χ4v) is 3.35. The first-order valence-electron chi connectivity index (χ1n) is 5.86. The number of nitrogens with zero attached hydrogens (tertiary/aromatic N) is 5. The second-order valence-corrected chi connectivity index (χ2v) is 5.49. The molecule has 0 aliphatic carbocycles. The van der Waals surface area contributed by atoms with E-state index in [4.69, 9.17) is 0 Å². The van der Waals surface area contributed by atoms with Crippen LogP contribution in [0.4, 0.5) is 0 Å². The highest BCUT2D eigenvalue weighted by Gasteiger charge is 2.38. The van der Waals surface area contributed by atoms with Gasteiger partial charge < -0.3 is 5.11 Å². The smallest absolute Gasteiger partial charge is 0.154 e. The zero-order chi connectivity index (χ0) is 12.0. The first kappa shape index (κ1) is 11.6. The average Bonchev–Trinajstić information content (AvgIpc) is 2.70. The molecule has 0 aromatic carbocycles. The lowest BCUT2D eigenvalue weighted by molar-refractivity contribution is -0.0495. The third kappa shape index (κ3) is 1.91. The normalized spacial score (nSPS) is 33.9. The molecule has 3 saturated heterocycles. The zero-order valence-corrected chi connectivity index (χ0v) is 11.3. The van der Waals surface area contributed by atoms with Gasteiger partial charge in [-0.3, -0.25) is 9.80 Å². The van der Waals surface area contributed by atoms with Gasteiger partial charge in [0.15, 0.2) is 4.60 Å². The Bertz CT molecular complexity index is 395. The van der Waals surface area contributed by atoms with Crippen LogP contribution in [0.2, 0.25) is 0 Å². The highest BCUT2D eigenvalue weighted by atomic mass is 79.9. The third-order valence-corrected chi connectivity index (χ3v) is 4.36. The number of aromatic nitrogens is 3. The molecule has 94 valence electrons. The van der Waals surface area contributed by atoms with E-state index in [0.29, 0.717) is 4.60 Å². The first-order chi connectivity index (χ1) is 8.16. The van der Waals surface area contributed by atoms with E-state index in [9.17, 15) is 5.11 Å². The molecule has 1 N–H and O–H groups in total. The summed E-state index contributed by atoms with van der Waals surface area (Å²) >= 11 is 3.35. The van der Waals surface area contributed by atoms with Crippen molar-refractivity contribution in [3.8, 4) is 0 Å². The molecule has 2 unspecified atom stereocenters. The Morgan fingerprint density at radius 2 is 2.06 bits per heavy atom. The van der Waals surface area contributed by atoms with Gasteiger partial charge in [-0.05, 0) is 15.9 Å². The van der Waals surface area contributed by atoms with Crippen LogP contribution >= 0.6 is 15.9 Å². The van der Waals surface area contributed by atoms with Gasteiger partial charge in [-0.15, -0.1) is 5.10 Å². The molecule has 4 rings (SSSR count). The zero-order valence-electron chi connectivity index (χ0n) is 9.75. The van der Waals surface area contributed by atoms with E-state index in [-0.39, 0.29) is 6.04 Å². The van der Waals surface area contributed by atoms with Crippen LogP contribution in [0.25, 0.3) is 0 Å². The van der Waals surface area contributed by atoms with Gasteiger partial charge in [0, 0.05) is 39.8 Å². The van der Waals surface area contributed by atoms with Crippen molar-refractivity contribution in [1.82, 2.24) is 24.8 Å². The lowest BCUT2D eigenvalue weighted by atomic mass is 10.0. The van der Waals surface area contributed by atoms with Crippen molar-refractivity contribution in [2.24, 2.45) is 7.05 Å². The molecule has 7 heteroatoms. The number of halogens is 1. The summed E-state index contributed by atoms with van der Waals surface area (Å²) in [5, 5.41) is 18.4. The van der Waals surface area contributed by atoms with Crippen LogP contribution in [-0.2, 0) is 7.05 Å². The number of aliphatic hydroxyl groups is 1. The van der Waals surface area contributed by atoms with E-state index in [1.165, 1.54) is 0 Å². The molecule has 1 aromatic rings. The standard InChI is InChI=1S/C10H16BrN5O/c1-14-8(10(11)12-13-14)9(17)7-6-15-2-4-16(7)5-3-15/h7,9,17H,2-6H2,1H3. The van der Waals surface area contributed by atoms with Gasteiger partial charge in [-0.25, -0.2) is 4.68 Å². The molecule has 2 bridgehead atoms. The fraction of sp³-hybridized carbons (Fsp3) is 0.800. The van der Waals surface area contributed by atoms with Gasteiger partial charge in [0.2, 0.25) is 0 Å². The van der Waals surface area contributed by atoms with Gasteiger partial charge >= 0.3 is 0 Å². The van der Waals surface area contributed by atoms with Crippen molar-refractivity contribution in [3.63, 3.8) is 0 Å². The summed E-state index contributed by atoms with van der Waals surface area (Å²) in [4.78, 5) is 4.77. The first-order valence-corrected chi connectivity index (χ1v) is 6.65. The second-order valence-electron chi connectivity index (χ2n) is 4.74. The molecule has 0 saturated carbocycles. The Morgan fingerprint density at radius 1 is 1.35 bits per heavy atom. The molecule has 3 aliphatic heterocycles. The summed E-state index contributed by atoms with van der Waals surface area (Å²) in [7, 11) is 1.81. The summed E-state index contributed by atoms with van der Waals surface area (Å²) in [5.74, 6) is 0. The van der Waals surface area contributed by atoms with Crippen molar-refractivity contribution in [1.29, 1.82) is 0 Å². The van der Waals surface area contributed by atoms with Crippen molar-refractivity contribution in [2.75, 3.05) is 32.7 Å². The predicted octanol–water partition coefficient (Wildman–Crippen LogP) is -0.389. The molecule has 2 atom stereocenters. The third-order valence-electron chi connectivity index (χ3n) is 3.79. The summed E-state index contributed by atoms with van der Waals surface area (Å²) < 4.78 is 2.29. The summed E-state index contributed by atoms with van der Waals surface area (Å²) in [6.45, 7) is 5.26. The Morgan fingerprint density at radius 3 is 2.53 bits per heavy atom. The molecule has 6 nitrogen and oxygen atoms in total. The van der Waals surface area contributed by atoms with Crippen LogP contribution in [0, 0.1) is 0 Å². The van der Waals surface area contributed by atoms with Crippen molar-refractivity contribution in [2.45, 2.75) is 12.1 Å². The lowest BCUT2D eigenvalue weighted by Gasteiger charge is -2.48. The van der Waals surface area contributed by atoms with Crippen LogP contribution < -0.4 is 0 Å². The molecule has 0 amide bonds. The Hall–Kier alpha value is -0.500. The maximum absolute atomic E-state index is 10.5. The molecule has 1 aromatic heterocycles. The molecular formula is C10H16BrN5O.